The number of nitrogens with zero attached hydrogens (tertiary/aromatic N) is 4. The van der Waals surface area contributed by atoms with Crippen LogP contribution in [-0.4, -0.2) is 187 Å². The fourth-order valence-electron chi connectivity index (χ4n) is 13.5. The number of methoxy groups -OCH3 is 2. The summed E-state index contributed by atoms with van der Waals surface area (Å²) in [7, 11) is 6.48. The van der Waals surface area contributed by atoms with E-state index in [1.807, 2.05) is 76.9 Å². The Morgan fingerprint density at radius 3 is 2.04 bits per heavy atom. The minimum absolute atomic E-state index is 0.0171. The van der Waals surface area contributed by atoms with Gasteiger partial charge in [0.25, 0.3) is 0 Å². The molecule has 0 spiro atoms. The van der Waals surface area contributed by atoms with Crippen LogP contribution in [0.3, 0.4) is 0 Å². The van der Waals surface area contributed by atoms with Gasteiger partial charge in [-0.25, -0.2) is 15.3 Å². The van der Waals surface area contributed by atoms with Crippen LogP contribution in [0.2, 0.25) is 0 Å². The number of benzene rings is 2. The topological polar surface area (TPSA) is 337 Å². The molecule has 8 N–H and O–H groups in total. The maximum atomic E-state index is 14.9. The van der Waals surface area contributed by atoms with Gasteiger partial charge in [-0.1, -0.05) is 130 Å². The zero-order chi connectivity index (χ0) is 75.4. The molecule has 8 amide bonds. The van der Waals surface area contributed by atoms with E-state index in [-0.39, 0.29) is 142 Å². The molecule has 2 aromatic carbocycles. The van der Waals surface area contributed by atoms with E-state index >= 15 is 0 Å². The molecule has 0 radical (unpaired) electrons. The second kappa shape index (κ2) is 46.5. The molecule has 4 rings (SSSR count). The number of amides is 8. The summed E-state index contributed by atoms with van der Waals surface area (Å²) >= 11 is 1.54. The minimum atomic E-state index is -0.999. The SMILES string of the molecule is CCC(C)[C@@H]([C@@H](CC(=O)N1CCC[C@H]1[C@H](OC)[C@@H](C)C(=O)C[C@@H](Cc1ccccc1)c1nccs1)OC)N(C)C(=O)[C@@H](CC(=O)[C@H](C(C)C)N(C)C(=O)CCCOCCNC(=O)OCc1ccc(NC(=O)C(CCCCC(N)=O)NC(=O)[C@@H](NC(=O)CCCCCCNO)C(C)C)cc1)C(C)C. The first-order valence-corrected chi connectivity index (χ1v) is 37.5. The van der Waals surface area contributed by atoms with Crippen LogP contribution >= 0.6 is 11.3 Å². The lowest BCUT2D eigenvalue weighted by molar-refractivity contribution is -0.149. The van der Waals surface area contributed by atoms with E-state index < -0.39 is 72.0 Å². The second-order valence-corrected chi connectivity index (χ2v) is 29.2. The molecule has 0 aliphatic carbocycles. The molecular formula is C76H120N10O15S. The van der Waals surface area contributed by atoms with Crippen LogP contribution in [0.25, 0.3) is 0 Å². The number of hydrogen-bond donors (Lipinski definition) is 7. The third kappa shape index (κ3) is 29.1. The molecule has 1 saturated heterocycles. The Balaban J connectivity index is 1.25. The summed E-state index contributed by atoms with van der Waals surface area (Å²) in [5.41, 5.74) is 9.60. The number of rotatable bonds is 50. The number of primary amides is 1. The number of carbonyl (C=O) groups excluding carboxylic acids is 10. The quantitative estimate of drug-likeness (QED) is 0.0204. The zero-order valence-electron chi connectivity index (χ0n) is 62.8. The highest BCUT2D eigenvalue weighted by atomic mass is 32.1. The molecule has 3 aromatic rings. The van der Waals surface area contributed by atoms with Crippen LogP contribution in [-0.2, 0) is 75.1 Å². The van der Waals surface area contributed by atoms with Crippen molar-refractivity contribution in [2.75, 3.05) is 66.5 Å². The molecule has 0 bridgehead atoms. The molecule has 0 saturated carbocycles. The van der Waals surface area contributed by atoms with Crippen LogP contribution in [0.1, 0.15) is 194 Å². The highest BCUT2D eigenvalue weighted by molar-refractivity contribution is 7.09. The minimum Gasteiger partial charge on any atom is -0.445 e. The third-order valence-electron chi connectivity index (χ3n) is 19.5. The summed E-state index contributed by atoms with van der Waals surface area (Å²) in [6, 6.07) is 13.1. The zero-order valence-corrected chi connectivity index (χ0v) is 63.7. The van der Waals surface area contributed by atoms with Crippen molar-refractivity contribution in [3.05, 3.63) is 82.3 Å². The molecule has 2 unspecified atom stereocenters. The standard InChI is InChI=1S/C76H120N10O15S/c1-14-52(8)70(63(98-12)47-67(92)86-40-24-29-60(86)71(99-13)53(9)61(87)45-56(74-78-39-43-102-74)44-54-26-18-17-19-27-54)85(11)75(95)58(49(2)3)46-62(88)69(51(6)7)84(10)66(91)32-25-41-100-42-38-79-76(96)101-48-55-33-35-57(36-34-55)81-72(93)59(28-21-22-30-64(77)89)82-73(94)68(50(4)5)83-65(90)31-20-15-16-23-37-80-97/h17-19,26-27,33-36,39,43,49-53,56,58-60,63,68-71,80,97H,14-16,20-25,28-32,37-38,40-42,44-48H2,1-13H3,(H2,77,89)(H,79,96)(H,81,93)(H,82,94)(H,83,90)/t52?,53-,56+,58-,59?,60-,63+,68-,69-,70-,71+/m0/s1. The van der Waals surface area contributed by atoms with Gasteiger partial charge in [-0.05, 0) is 98.3 Å². The van der Waals surface area contributed by atoms with Crippen molar-refractivity contribution in [2.24, 2.45) is 41.2 Å². The molecule has 1 aliphatic heterocycles. The van der Waals surface area contributed by atoms with E-state index in [1.165, 1.54) is 4.90 Å². The lowest BCUT2D eigenvalue weighted by Gasteiger charge is -2.41. The number of thiazole rings is 1. The van der Waals surface area contributed by atoms with Crippen molar-refractivity contribution in [1.82, 2.24) is 41.1 Å². The molecule has 1 aromatic heterocycles. The van der Waals surface area contributed by atoms with Crippen LogP contribution in [0.15, 0.2) is 66.2 Å². The number of ether oxygens (including phenoxy) is 4. The Morgan fingerprint density at radius 1 is 0.725 bits per heavy atom. The molecule has 570 valence electrons. The van der Waals surface area contributed by atoms with Crippen LogP contribution in [0.4, 0.5) is 10.5 Å². The highest BCUT2D eigenvalue weighted by Gasteiger charge is 2.44. The number of nitrogens with one attached hydrogen (secondary N) is 5. The Labute approximate surface area is 609 Å². The largest absolute Gasteiger partial charge is 0.445 e. The average molecular weight is 1450 g/mol. The summed E-state index contributed by atoms with van der Waals surface area (Å²) < 4.78 is 23.4. The molecule has 25 nitrogen and oxygen atoms in total. The van der Waals surface area contributed by atoms with E-state index in [9.17, 15) is 47.9 Å². The maximum Gasteiger partial charge on any atom is 0.407 e. The van der Waals surface area contributed by atoms with Crippen molar-refractivity contribution < 1.29 is 72.1 Å². The number of likely N-dealkylation sites (tertiary alicyclic amines) is 1. The van der Waals surface area contributed by atoms with Crippen molar-refractivity contribution in [3.63, 3.8) is 0 Å². The van der Waals surface area contributed by atoms with Gasteiger partial charge in [-0.2, -0.15) is 0 Å². The number of Topliss-reactive ketones (excluding diaryl/α,β-unsaturated/α-hetero) is 2. The monoisotopic (exact) mass is 1440 g/mol. The number of likely N-dealkylation sites (N-methyl/N-ethyl adjacent to an activating group) is 2. The summed E-state index contributed by atoms with van der Waals surface area (Å²) in [6.45, 7) is 18.4. The van der Waals surface area contributed by atoms with Gasteiger partial charge in [0, 0.05) is 122 Å². The van der Waals surface area contributed by atoms with Crippen LogP contribution in [0.5, 0.6) is 0 Å². The second-order valence-electron chi connectivity index (χ2n) is 28.3. The van der Waals surface area contributed by atoms with Gasteiger partial charge in [-0.15, -0.1) is 11.3 Å². The first kappa shape index (κ1) is 87.2. The van der Waals surface area contributed by atoms with Gasteiger partial charge in [-0.3, -0.25) is 43.2 Å². The highest BCUT2D eigenvalue weighted by Crippen LogP contribution is 2.34. The number of nitrogens with two attached hydrogens (primary N) is 1. The summed E-state index contributed by atoms with van der Waals surface area (Å²) in [5, 5.41) is 22.7. The molecular weight excluding hydrogens is 1320 g/mol. The number of aromatic nitrogens is 1. The first-order valence-electron chi connectivity index (χ1n) is 36.7. The molecule has 1 fully saturated rings. The molecule has 11 atom stereocenters. The number of ketones is 2. The van der Waals surface area contributed by atoms with E-state index in [2.05, 4.69) is 43.9 Å². The van der Waals surface area contributed by atoms with Gasteiger partial charge < -0.3 is 65.9 Å². The fraction of sp³-hybridized carbons (Fsp3) is 0.671. The predicted octanol–water partition coefficient (Wildman–Crippen LogP) is 9.33. The summed E-state index contributed by atoms with van der Waals surface area (Å²) in [5.74, 6) is -4.92. The Morgan fingerprint density at radius 2 is 1.42 bits per heavy atom. The maximum absolute atomic E-state index is 14.9. The van der Waals surface area contributed by atoms with Gasteiger partial charge >= 0.3 is 6.09 Å². The average Bonchev–Trinajstić information content (AvgIpc) is 1.81. The van der Waals surface area contributed by atoms with Crippen LogP contribution < -0.4 is 32.5 Å². The number of alkyl carbamates (subject to hydrolysis) is 1. The van der Waals surface area contributed by atoms with E-state index in [1.54, 1.807) is 88.9 Å². The van der Waals surface area contributed by atoms with Crippen molar-refractivity contribution in [2.45, 2.75) is 233 Å². The van der Waals surface area contributed by atoms with Gasteiger partial charge in [0.05, 0.1) is 48.4 Å². The van der Waals surface area contributed by atoms with Gasteiger partial charge in [0.1, 0.15) is 24.5 Å². The fourth-order valence-corrected chi connectivity index (χ4v) is 14.2. The lowest BCUT2D eigenvalue weighted by Crippen LogP contribution is -2.54. The number of hydroxylamine groups is 1. The molecule has 1 aliphatic rings. The van der Waals surface area contributed by atoms with Gasteiger partial charge in [0.2, 0.25) is 41.4 Å². The van der Waals surface area contributed by atoms with E-state index in [4.69, 9.17) is 29.9 Å². The van der Waals surface area contributed by atoms with Crippen molar-refractivity contribution in [3.8, 4) is 0 Å². The Kier molecular flexibility index (Phi) is 39.7. The molecule has 102 heavy (non-hydrogen) atoms. The van der Waals surface area contributed by atoms with Gasteiger partial charge in [0.15, 0.2) is 5.78 Å². The number of anilines is 1. The number of carbonyl (C=O) groups is 10. The summed E-state index contributed by atoms with van der Waals surface area (Å²) in [6.07, 6.45) is 7.53. The van der Waals surface area contributed by atoms with Crippen LogP contribution in [0, 0.1) is 35.5 Å². The predicted molar refractivity (Wildman–Crippen MR) is 393 cm³/mol. The van der Waals surface area contributed by atoms with Crippen molar-refractivity contribution >= 4 is 76.0 Å². The number of unbranched alkanes of at least 4 members (excludes halogenated alkanes) is 4. The third-order valence-corrected chi connectivity index (χ3v) is 20.5. The molecule has 2 heterocycles. The van der Waals surface area contributed by atoms with E-state index in [0.717, 1.165) is 36.3 Å². The van der Waals surface area contributed by atoms with Crippen molar-refractivity contribution in [1.29, 1.82) is 0 Å². The first-order chi connectivity index (χ1) is 48.7. The van der Waals surface area contributed by atoms with E-state index in [0.29, 0.717) is 69.3 Å². The number of hydrogen-bond acceptors (Lipinski definition) is 18. The summed E-state index contributed by atoms with van der Waals surface area (Å²) in [4.78, 5) is 146. The normalized spacial score (nSPS) is 16.0. The Bertz CT molecular complexity index is 3050. The lowest BCUT2D eigenvalue weighted by atomic mass is 9.83. The Hall–Kier alpha value is -7.23. The smallest absolute Gasteiger partial charge is 0.407 e. The molecule has 26 heteroatoms.